The highest BCUT2D eigenvalue weighted by Crippen LogP contribution is 2.21. The highest BCUT2D eigenvalue weighted by atomic mass is 19.1. The van der Waals surface area contributed by atoms with Gasteiger partial charge in [0.15, 0.2) is 11.6 Å². The Bertz CT molecular complexity index is 647. The van der Waals surface area contributed by atoms with E-state index in [4.69, 9.17) is 10.00 Å². The summed E-state index contributed by atoms with van der Waals surface area (Å²) in [6, 6.07) is 11.0. The summed E-state index contributed by atoms with van der Waals surface area (Å²) in [5.74, 6) is -1.01. The van der Waals surface area contributed by atoms with Crippen LogP contribution in [0.2, 0.25) is 0 Å². The third kappa shape index (κ3) is 2.71. The number of ether oxygens (including phenoxy) is 1. The summed E-state index contributed by atoms with van der Waals surface area (Å²) >= 11 is 0. The summed E-state index contributed by atoms with van der Waals surface area (Å²) < 4.78 is 32.7. The van der Waals surface area contributed by atoms with Crippen molar-refractivity contribution in [2.24, 2.45) is 0 Å². The van der Waals surface area contributed by atoms with Gasteiger partial charge in [0.2, 0.25) is 0 Å². The molecule has 0 bridgehead atoms. The molecular formula is C15H11F2NO. The maximum atomic E-state index is 13.8. The lowest BCUT2D eigenvalue weighted by molar-refractivity contribution is 0.284. The molecule has 0 aliphatic carbocycles. The van der Waals surface area contributed by atoms with Gasteiger partial charge in [-0.1, -0.05) is 24.3 Å². The molecule has 0 saturated heterocycles. The molecule has 2 aromatic carbocycles. The van der Waals surface area contributed by atoms with E-state index in [1.807, 2.05) is 0 Å². The summed E-state index contributed by atoms with van der Waals surface area (Å²) in [7, 11) is 0. The van der Waals surface area contributed by atoms with Crippen LogP contribution in [0.25, 0.3) is 0 Å². The van der Waals surface area contributed by atoms with Crippen molar-refractivity contribution < 1.29 is 13.5 Å². The van der Waals surface area contributed by atoms with E-state index < -0.39 is 11.6 Å². The van der Waals surface area contributed by atoms with Crippen LogP contribution in [0, 0.1) is 29.9 Å². The highest BCUT2D eigenvalue weighted by molar-refractivity contribution is 5.35. The molecule has 2 aromatic rings. The van der Waals surface area contributed by atoms with Gasteiger partial charge >= 0.3 is 0 Å². The summed E-state index contributed by atoms with van der Waals surface area (Å²) in [5.41, 5.74) is 0.634. The number of halogens is 2. The fraction of sp³-hybridized carbons (Fsp3) is 0.133. The fourth-order valence-corrected chi connectivity index (χ4v) is 1.67. The van der Waals surface area contributed by atoms with Crippen LogP contribution in [0.4, 0.5) is 8.78 Å². The molecule has 0 atom stereocenters. The number of benzene rings is 2. The van der Waals surface area contributed by atoms with E-state index in [2.05, 4.69) is 0 Å². The predicted molar refractivity (Wildman–Crippen MR) is 66.6 cm³/mol. The molecule has 0 fully saturated rings. The van der Waals surface area contributed by atoms with Gasteiger partial charge in [-0.2, -0.15) is 5.26 Å². The van der Waals surface area contributed by atoms with E-state index >= 15 is 0 Å². The zero-order chi connectivity index (χ0) is 13.8. The van der Waals surface area contributed by atoms with Gasteiger partial charge in [-0.3, -0.25) is 0 Å². The first-order valence-electron chi connectivity index (χ1n) is 5.69. The van der Waals surface area contributed by atoms with Crippen LogP contribution < -0.4 is 4.74 Å². The molecule has 0 unspecified atom stereocenters. The summed E-state index contributed by atoms with van der Waals surface area (Å²) in [4.78, 5) is 0. The zero-order valence-corrected chi connectivity index (χ0v) is 10.3. The van der Waals surface area contributed by atoms with E-state index in [1.165, 1.54) is 18.2 Å². The molecule has 0 N–H and O–H groups in total. The Labute approximate surface area is 109 Å². The minimum Gasteiger partial charge on any atom is -0.486 e. The smallest absolute Gasteiger partial charge is 0.167 e. The molecule has 2 nitrogen and oxygen atoms in total. The molecule has 0 amide bonds. The van der Waals surface area contributed by atoms with Crippen LogP contribution in [0.5, 0.6) is 5.75 Å². The first-order valence-corrected chi connectivity index (χ1v) is 5.69. The molecule has 96 valence electrons. The summed E-state index contributed by atoms with van der Waals surface area (Å²) in [5, 5.41) is 8.72. The van der Waals surface area contributed by atoms with Gasteiger partial charge in [-0.25, -0.2) is 8.78 Å². The van der Waals surface area contributed by atoms with Crippen LogP contribution in [0.3, 0.4) is 0 Å². The van der Waals surface area contributed by atoms with Gasteiger partial charge in [0.05, 0.1) is 5.56 Å². The third-order valence-corrected chi connectivity index (χ3v) is 2.74. The van der Waals surface area contributed by atoms with Crippen molar-refractivity contribution in [3.05, 3.63) is 64.7 Å². The Morgan fingerprint density at radius 2 is 1.84 bits per heavy atom. The number of nitriles is 1. The van der Waals surface area contributed by atoms with Crippen molar-refractivity contribution in [2.45, 2.75) is 13.5 Å². The van der Waals surface area contributed by atoms with Gasteiger partial charge in [-0.05, 0) is 24.6 Å². The standard InChI is InChI=1S/C15H11F2NO/c1-10-4-2-7-13(14(10)16)19-9-12-6-3-5-11(8-18)15(12)17/h2-7H,9H2,1H3. The predicted octanol–water partition coefficient (Wildman–Crippen LogP) is 3.72. The minimum absolute atomic E-state index is 0.0502. The molecule has 0 radical (unpaired) electrons. The molecule has 19 heavy (non-hydrogen) atoms. The number of nitrogens with zero attached hydrogens (tertiary/aromatic N) is 1. The summed E-state index contributed by atoms with van der Waals surface area (Å²) in [6.07, 6.45) is 0. The summed E-state index contributed by atoms with van der Waals surface area (Å²) in [6.45, 7) is 1.50. The van der Waals surface area contributed by atoms with Crippen molar-refractivity contribution >= 4 is 0 Å². The fourth-order valence-electron chi connectivity index (χ4n) is 1.67. The molecule has 0 aromatic heterocycles. The van der Waals surface area contributed by atoms with Crippen molar-refractivity contribution in [3.63, 3.8) is 0 Å². The van der Waals surface area contributed by atoms with E-state index in [1.54, 1.807) is 31.2 Å². The second-order valence-corrected chi connectivity index (χ2v) is 4.07. The zero-order valence-electron chi connectivity index (χ0n) is 10.3. The topological polar surface area (TPSA) is 33.0 Å². The second-order valence-electron chi connectivity index (χ2n) is 4.07. The van der Waals surface area contributed by atoms with E-state index in [-0.39, 0.29) is 23.5 Å². The maximum Gasteiger partial charge on any atom is 0.167 e. The van der Waals surface area contributed by atoms with Gasteiger partial charge < -0.3 is 4.74 Å². The number of hydrogen-bond donors (Lipinski definition) is 0. The maximum absolute atomic E-state index is 13.8. The lowest BCUT2D eigenvalue weighted by atomic mass is 10.1. The normalized spacial score (nSPS) is 10.0. The Hall–Kier alpha value is -2.41. The van der Waals surface area contributed by atoms with Crippen molar-refractivity contribution in [1.82, 2.24) is 0 Å². The molecular weight excluding hydrogens is 248 g/mol. The Morgan fingerprint density at radius 3 is 2.58 bits per heavy atom. The van der Waals surface area contributed by atoms with Gasteiger partial charge in [0, 0.05) is 5.56 Å². The first-order chi connectivity index (χ1) is 9.13. The number of aryl methyl sites for hydroxylation is 1. The minimum atomic E-state index is -0.627. The molecule has 4 heteroatoms. The van der Waals surface area contributed by atoms with Gasteiger partial charge in [0.25, 0.3) is 0 Å². The van der Waals surface area contributed by atoms with E-state index in [0.29, 0.717) is 5.56 Å². The van der Waals surface area contributed by atoms with Crippen LogP contribution in [-0.4, -0.2) is 0 Å². The van der Waals surface area contributed by atoms with E-state index in [9.17, 15) is 8.78 Å². The molecule has 0 saturated carbocycles. The Balaban J connectivity index is 2.20. The number of hydrogen-bond acceptors (Lipinski definition) is 2. The van der Waals surface area contributed by atoms with Crippen LogP contribution >= 0.6 is 0 Å². The quantitative estimate of drug-likeness (QED) is 0.841. The van der Waals surface area contributed by atoms with Gasteiger partial charge in [0.1, 0.15) is 18.5 Å². The van der Waals surface area contributed by atoms with E-state index in [0.717, 1.165) is 0 Å². The van der Waals surface area contributed by atoms with Crippen molar-refractivity contribution in [2.75, 3.05) is 0 Å². The Kier molecular flexibility index (Phi) is 3.76. The average Bonchev–Trinajstić information content (AvgIpc) is 2.42. The van der Waals surface area contributed by atoms with Crippen molar-refractivity contribution in [1.29, 1.82) is 5.26 Å². The lowest BCUT2D eigenvalue weighted by Crippen LogP contribution is -2.02. The lowest BCUT2D eigenvalue weighted by Gasteiger charge is -2.09. The molecule has 0 spiro atoms. The highest BCUT2D eigenvalue weighted by Gasteiger charge is 2.10. The van der Waals surface area contributed by atoms with Crippen LogP contribution in [0.15, 0.2) is 36.4 Å². The first kappa shape index (κ1) is 13.0. The SMILES string of the molecule is Cc1cccc(OCc2cccc(C#N)c2F)c1F. The average molecular weight is 259 g/mol. The molecule has 2 rings (SSSR count). The number of rotatable bonds is 3. The second kappa shape index (κ2) is 5.49. The largest absolute Gasteiger partial charge is 0.486 e. The monoisotopic (exact) mass is 259 g/mol. The third-order valence-electron chi connectivity index (χ3n) is 2.74. The van der Waals surface area contributed by atoms with Crippen LogP contribution in [-0.2, 0) is 6.61 Å². The van der Waals surface area contributed by atoms with Crippen LogP contribution in [0.1, 0.15) is 16.7 Å². The van der Waals surface area contributed by atoms with Gasteiger partial charge in [-0.15, -0.1) is 0 Å². The molecule has 0 aliphatic rings. The van der Waals surface area contributed by atoms with Crippen molar-refractivity contribution in [3.8, 4) is 11.8 Å². The molecule has 0 aliphatic heterocycles. The molecule has 0 heterocycles. The Morgan fingerprint density at radius 1 is 1.11 bits per heavy atom.